The van der Waals surface area contributed by atoms with Gasteiger partial charge in [0.25, 0.3) is 0 Å². The number of amides is 1. The highest BCUT2D eigenvalue weighted by Gasteiger charge is 2.04. The normalized spacial score (nSPS) is 10.8. The molecule has 0 fully saturated rings. The average Bonchev–Trinajstić information content (AvgIpc) is 2.31. The van der Waals surface area contributed by atoms with E-state index in [4.69, 9.17) is 9.47 Å². The van der Waals surface area contributed by atoms with E-state index < -0.39 is 0 Å². The van der Waals surface area contributed by atoms with Gasteiger partial charge in [0.2, 0.25) is 5.91 Å². The Balaban J connectivity index is 3.06. The molecule has 0 heterocycles. The Morgan fingerprint density at radius 1 is 1.06 bits per heavy atom. The summed E-state index contributed by atoms with van der Waals surface area (Å²) in [5.41, 5.74) is 0. The van der Waals surface area contributed by atoms with Gasteiger partial charge in [-0.1, -0.05) is 33.6 Å². The molecule has 0 aliphatic rings. The molecule has 0 aliphatic heterocycles. The van der Waals surface area contributed by atoms with Crippen molar-refractivity contribution in [3.05, 3.63) is 0 Å². The summed E-state index contributed by atoms with van der Waals surface area (Å²) in [6.07, 6.45) is 3.57. The second-order valence-electron chi connectivity index (χ2n) is 4.38. The van der Waals surface area contributed by atoms with Crippen LogP contribution < -0.4 is 5.32 Å². The van der Waals surface area contributed by atoms with E-state index in [1.165, 1.54) is 12.8 Å². The van der Waals surface area contributed by atoms with Gasteiger partial charge in [-0.2, -0.15) is 0 Å². The number of hydrogen-bond acceptors (Lipinski definition) is 3. The van der Waals surface area contributed by atoms with Crippen LogP contribution in [0.15, 0.2) is 0 Å². The molecule has 0 spiro atoms. The van der Waals surface area contributed by atoms with Gasteiger partial charge in [-0.05, 0) is 6.42 Å². The lowest BCUT2D eigenvalue weighted by Crippen LogP contribution is -2.31. The van der Waals surface area contributed by atoms with Gasteiger partial charge >= 0.3 is 0 Å². The van der Waals surface area contributed by atoms with E-state index in [0.29, 0.717) is 26.4 Å². The molecular formula is C13H27NO3. The zero-order chi connectivity index (χ0) is 12.9. The molecule has 0 bridgehead atoms. The predicted molar refractivity (Wildman–Crippen MR) is 69.0 cm³/mol. The summed E-state index contributed by atoms with van der Waals surface area (Å²) >= 11 is 0. The maximum absolute atomic E-state index is 11.2. The Kier molecular flexibility index (Phi) is 11.4. The first-order chi connectivity index (χ1) is 8.18. The van der Waals surface area contributed by atoms with Gasteiger partial charge in [-0.15, -0.1) is 0 Å². The largest absolute Gasteiger partial charge is 0.379 e. The number of rotatable bonds is 11. The van der Waals surface area contributed by atoms with Gasteiger partial charge in [0.05, 0.1) is 19.8 Å². The molecule has 1 amide bonds. The van der Waals surface area contributed by atoms with Crippen molar-refractivity contribution >= 4 is 5.91 Å². The van der Waals surface area contributed by atoms with Crippen molar-refractivity contribution in [3.63, 3.8) is 0 Å². The molecular weight excluding hydrogens is 218 g/mol. The Morgan fingerprint density at radius 2 is 1.71 bits per heavy atom. The van der Waals surface area contributed by atoms with Crippen LogP contribution in [0.3, 0.4) is 0 Å². The van der Waals surface area contributed by atoms with E-state index in [1.807, 2.05) is 13.8 Å². The monoisotopic (exact) mass is 245 g/mol. The summed E-state index contributed by atoms with van der Waals surface area (Å²) in [5, 5.41) is 2.80. The van der Waals surface area contributed by atoms with Gasteiger partial charge in [-0.25, -0.2) is 0 Å². The molecule has 4 heteroatoms. The summed E-state index contributed by atoms with van der Waals surface area (Å²) < 4.78 is 10.7. The molecule has 1 N–H and O–H groups in total. The number of unbranched alkanes of at least 4 members (excludes halogenated alkanes) is 2. The second kappa shape index (κ2) is 11.9. The molecule has 0 aliphatic carbocycles. The Morgan fingerprint density at radius 3 is 2.29 bits per heavy atom. The van der Waals surface area contributed by atoms with Crippen LogP contribution in [0, 0.1) is 5.92 Å². The zero-order valence-corrected chi connectivity index (χ0v) is 11.5. The molecule has 0 aromatic carbocycles. The Labute approximate surface area is 105 Å². The Bertz CT molecular complexity index is 184. The van der Waals surface area contributed by atoms with E-state index in [0.717, 1.165) is 13.0 Å². The van der Waals surface area contributed by atoms with Crippen LogP contribution in [0.5, 0.6) is 0 Å². The summed E-state index contributed by atoms with van der Waals surface area (Å²) in [6, 6.07) is 0. The van der Waals surface area contributed by atoms with Crippen molar-refractivity contribution in [2.75, 3.05) is 33.0 Å². The first-order valence-electron chi connectivity index (χ1n) is 6.61. The quantitative estimate of drug-likeness (QED) is 0.566. The van der Waals surface area contributed by atoms with E-state index in [2.05, 4.69) is 12.2 Å². The zero-order valence-electron chi connectivity index (χ0n) is 11.5. The smallest absolute Gasteiger partial charge is 0.222 e. The van der Waals surface area contributed by atoms with Crippen molar-refractivity contribution < 1.29 is 14.3 Å². The van der Waals surface area contributed by atoms with Crippen LogP contribution in [0.1, 0.15) is 40.0 Å². The second-order valence-corrected chi connectivity index (χ2v) is 4.38. The van der Waals surface area contributed by atoms with Crippen molar-refractivity contribution in [2.45, 2.75) is 40.0 Å². The molecule has 0 saturated carbocycles. The topological polar surface area (TPSA) is 47.6 Å². The summed E-state index contributed by atoms with van der Waals surface area (Å²) in [6.45, 7) is 9.12. The van der Waals surface area contributed by atoms with E-state index in [9.17, 15) is 4.79 Å². The number of carbonyl (C=O) groups excluding carboxylic acids is 1. The van der Waals surface area contributed by atoms with Gasteiger partial charge in [-0.3, -0.25) is 4.79 Å². The van der Waals surface area contributed by atoms with Crippen molar-refractivity contribution in [2.24, 2.45) is 5.92 Å². The predicted octanol–water partition coefficient (Wildman–Crippen LogP) is 1.98. The molecule has 4 nitrogen and oxygen atoms in total. The third-order valence-corrected chi connectivity index (χ3v) is 2.33. The van der Waals surface area contributed by atoms with Crippen molar-refractivity contribution in [1.82, 2.24) is 5.32 Å². The molecule has 0 radical (unpaired) electrons. The maximum Gasteiger partial charge on any atom is 0.222 e. The summed E-state index contributed by atoms with van der Waals surface area (Å²) in [7, 11) is 0. The number of hydrogen-bond donors (Lipinski definition) is 1. The fraction of sp³-hybridized carbons (Fsp3) is 0.923. The number of carbonyl (C=O) groups is 1. The average molecular weight is 245 g/mol. The van der Waals surface area contributed by atoms with Crippen LogP contribution in [0.4, 0.5) is 0 Å². The van der Waals surface area contributed by atoms with Crippen LogP contribution >= 0.6 is 0 Å². The summed E-state index contributed by atoms with van der Waals surface area (Å²) in [4.78, 5) is 11.2. The minimum absolute atomic E-state index is 0.0388. The molecule has 0 rings (SSSR count). The van der Waals surface area contributed by atoms with E-state index in [1.54, 1.807) is 0 Å². The van der Waals surface area contributed by atoms with Crippen LogP contribution in [-0.4, -0.2) is 38.9 Å². The van der Waals surface area contributed by atoms with Crippen LogP contribution in [0.25, 0.3) is 0 Å². The van der Waals surface area contributed by atoms with Crippen molar-refractivity contribution in [1.29, 1.82) is 0 Å². The molecule has 17 heavy (non-hydrogen) atoms. The lowest BCUT2D eigenvalue weighted by atomic mass is 10.2. The van der Waals surface area contributed by atoms with Crippen LogP contribution in [0.2, 0.25) is 0 Å². The molecule has 0 atom stereocenters. The highest BCUT2D eigenvalue weighted by atomic mass is 16.5. The third kappa shape index (κ3) is 11.6. The maximum atomic E-state index is 11.2. The number of nitrogens with one attached hydrogen (secondary N) is 1. The molecule has 0 aromatic rings. The van der Waals surface area contributed by atoms with Crippen molar-refractivity contribution in [3.8, 4) is 0 Å². The van der Waals surface area contributed by atoms with Gasteiger partial charge in [0.15, 0.2) is 0 Å². The first-order valence-corrected chi connectivity index (χ1v) is 6.61. The molecule has 0 aromatic heterocycles. The fourth-order valence-electron chi connectivity index (χ4n) is 1.23. The molecule has 0 saturated heterocycles. The molecule has 102 valence electrons. The SMILES string of the molecule is CCCCCOCCOCCNC(=O)C(C)C. The summed E-state index contributed by atoms with van der Waals surface area (Å²) in [5.74, 6) is 0.112. The fourth-order valence-corrected chi connectivity index (χ4v) is 1.23. The lowest BCUT2D eigenvalue weighted by Gasteiger charge is -2.08. The van der Waals surface area contributed by atoms with Gasteiger partial charge < -0.3 is 14.8 Å². The number of ether oxygens (including phenoxy) is 2. The van der Waals surface area contributed by atoms with E-state index in [-0.39, 0.29) is 11.8 Å². The standard InChI is InChI=1S/C13H27NO3/c1-4-5-6-8-16-10-11-17-9-7-14-13(15)12(2)3/h12H,4-11H2,1-3H3,(H,14,15). The highest BCUT2D eigenvalue weighted by Crippen LogP contribution is 1.93. The van der Waals surface area contributed by atoms with Gasteiger partial charge in [0, 0.05) is 19.1 Å². The minimum atomic E-state index is 0.0388. The first kappa shape index (κ1) is 16.4. The minimum Gasteiger partial charge on any atom is -0.379 e. The lowest BCUT2D eigenvalue weighted by molar-refractivity contribution is -0.124. The Hall–Kier alpha value is -0.610. The van der Waals surface area contributed by atoms with Crippen LogP contribution in [-0.2, 0) is 14.3 Å². The third-order valence-electron chi connectivity index (χ3n) is 2.33. The highest BCUT2D eigenvalue weighted by molar-refractivity contribution is 5.77. The molecule has 0 unspecified atom stereocenters. The van der Waals surface area contributed by atoms with Gasteiger partial charge in [0.1, 0.15) is 0 Å². The van der Waals surface area contributed by atoms with E-state index >= 15 is 0 Å².